The van der Waals surface area contributed by atoms with Gasteiger partial charge in [-0.25, -0.2) is 4.79 Å². The van der Waals surface area contributed by atoms with Crippen LogP contribution in [0.15, 0.2) is 27.8 Å². The van der Waals surface area contributed by atoms with Gasteiger partial charge in [-0.1, -0.05) is 32.7 Å². The van der Waals surface area contributed by atoms with Gasteiger partial charge in [0.1, 0.15) is 0 Å². The Labute approximate surface area is 111 Å². The number of benzene rings is 1. The molecule has 1 N–H and O–H groups in total. The van der Waals surface area contributed by atoms with Crippen molar-refractivity contribution in [3.63, 3.8) is 0 Å². The zero-order valence-electron chi connectivity index (χ0n) is 8.91. The largest absolute Gasteiger partial charge is 0.478 e. The third kappa shape index (κ3) is 2.30. The number of hydrogen-bond acceptors (Lipinski definition) is 3. The molecule has 0 aromatic heterocycles. The first-order chi connectivity index (χ1) is 7.92. The average Bonchev–Trinajstić information content (AvgIpc) is 2.66. The van der Waals surface area contributed by atoms with Crippen molar-refractivity contribution in [3.05, 3.63) is 33.3 Å². The van der Waals surface area contributed by atoms with Gasteiger partial charge >= 0.3 is 5.97 Å². The molecule has 0 amide bonds. The summed E-state index contributed by atoms with van der Waals surface area (Å²) in [5.41, 5.74) is -0.0757. The molecule has 1 unspecified atom stereocenters. The van der Waals surface area contributed by atoms with Crippen LogP contribution < -0.4 is 0 Å². The van der Waals surface area contributed by atoms with E-state index >= 15 is 0 Å². The van der Waals surface area contributed by atoms with Gasteiger partial charge in [0.15, 0.2) is 0 Å². The first kappa shape index (κ1) is 12.4. The Morgan fingerprint density at radius 3 is 2.94 bits per heavy atom. The van der Waals surface area contributed by atoms with Crippen molar-refractivity contribution in [1.29, 1.82) is 0 Å². The maximum atomic E-state index is 11.0. The van der Waals surface area contributed by atoms with Gasteiger partial charge in [0.05, 0.1) is 5.71 Å². The minimum absolute atomic E-state index is 0.193. The summed E-state index contributed by atoms with van der Waals surface area (Å²) in [6, 6.07) is 5.32. The molecule has 1 aliphatic heterocycles. The topological polar surface area (TPSA) is 58.9 Å². The Morgan fingerprint density at radius 1 is 1.65 bits per heavy atom. The molecule has 0 saturated heterocycles. The maximum Gasteiger partial charge on any atom is 0.351 e. The van der Waals surface area contributed by atoms with Crippen molar-refractivity contribution in [2.75, 3.05) is 0 Å². The molecule has 0 spiro atoms. The molecule has 17 heavy (non-hydrogen) atoms. The molecule has 0 saturated carbocycles. The monoisotopic (exact) mass is 317 g/mol. The number of carbonyl (C=O) groups is 1. The van der Waals surface area contributed by atoms with Crippen LogP contribution in [0.1, 0.15) is 18.9 Å². The number of carboxylic acid groups (broad SMARTS) is 1. The summed E-state index contributed by atoms with van der Waals surface area (Å²) in [5.74, 6) is -1.04. The number of nitrogens with zero attached hydrogens (tertiary/aromatic N) is 1. The molecular weight excluding hydrogens is 309 g/mol. The highest BCUT2D eigenvalue weighted by Gasteiger charge is 2.42. The minimum atomic E-state index is -1.30. The molecule has 6 heteroatoms. The molecule has 90 valence electrons. The third-order valence-electron chi connectivity index (χ3n) is 2.55. The van der Waals surface area contributed by atoms with E-state index in [0.29, 0.717) is 16.3 Å². The number of rotatable bonds is 2. The van der Waals surface area contributed by atoms with Crippen molar-refractivity contribution in [2.24, 2.45) is 5.16 Å². The van der Waals surface area contributed by atoms with Crippen LogP contribution >= 0.6 is 27.5 Å². The summed E-state index contributed by atoms with van der Waals surface area (Å²) in [4.78, 5) is 16.0. The number of halogens is 2. The predicted octanol–water partition coefficient (Wildman–Crippen LogP) is 3.07. The van der Waals surface area contributed by atoms with Gasteiger partial charge in [0, 0.05) is 21.5 Å². The first-order valence-electron chi connectivity index (χ1n) is 4.86. The molecule has 1 aromatic carbocycles. The van der Waals surface area contributed by atoms with E-state index in [1.165, 1.54) is 6.92 Å². The number of carboxylic acids is 1. The lowest BCUT2D eigenvalue weighted by Crippen LogP contribution is -2.35. The zero-order valence-corrected chi connectivity index (χ0v) is 11.2. The molecular formula is C11H9BrClNO3. The Kier molecular flexibility index (Phi) is 3.14. The maximum absolute atomic E-state index is 11.0. The smallest absolute Gasteiger partial charge is 0.351 e. The number of oxime groups is 1. The van der Waals surface area contributed by atoms with E-state index < -0.39 is 11.6 Å². The minimum Gasteiger partial charge on any atom is -0.478 e. The molecule has 1 atom stereocenters. The molecule has 0 radical (unpaired) electrons. The van der Waals surface area contributed by atoms with Gasteiger partial charge in [0.2, 0.25) is 5.60 Å². The number of hydrogen-bond donors (Lipinski definition) is 1. The second kappa shape index (κ2) is 4.31. The quantitative estimate of drug-likeness (QED) is 0.911. The summed E-state index contributed by atoms with van der Waals surface area (Å²) >= 11 is 9.37. The van der Waals surface area contributed by atoms with Crippen LogP contribution in [0.3, 0.4) is 0 Å². The Bertz CT molecular complexity index is 517. The fourth-order valence-corrected chi connectivity index (χ4v) is 2.11. The summed E-state index contributed by atoms with van der Waals surface area (Å²) in [6.07, 6.45) is 0.193. The third-order valence-corrected chi connectivity index (χ3v) is 3.38. The zero-order chi connectivity index (χ0) is 12.6. The van der Waals surface area contributed by atoms with Crippen LogP contribution in [-0.2, 0) is 9.63 Å². The highest BCUT2D eigenvalue weighted by Crippen LogP contribution is 2.30. The van der Waals surface area contributed by atoms with E-state index in [-0.39, 0.29) is 6.42 Å². The lowest BCUT2D eigenvalue weighted by Gasteiger charge is -2.14. The second-order valence-corrected chi connectivity index (χ2v) is 5.29. The van der Waals surface area contributed by atoms with E-state index in [9.17, 15) is 4.79 Å². The van der Waals surface area contributed by atoms with E-state index in [2.05, 4.69) is 21.1 Å². The van der Waals surface area contributed by atoms with Crippen LogP contribution in [0.4, 0.5) is 0 Å². The fraction of sp³-hybridized carbons (Fsp3) is 0.273. The predicted molar refractivity (Wildman–Crippen MR) is 67.4 cm³/mol. The normalized spacial score (nSPS) is 23.1. The Morgan fingerprint density at radius 2 is 2.35 bits per heavy atom. The highest BCUT2D eigenvalue weighted by molar-refractivity contribution is 9.10. The van der Waals surface area contributed by atoms with Crippen LogP contribution in [0.5, 0.6) is 0 Å². The fourth-order valence-electron chi connectivity index (χ4n) is 1.52. The molecule has 0 aliphatic carbocycles. The van der Waals surface area contributed by atoms with E-state index in [0.717, 1.165) is 4.47 Å². The standard InChI is InChI=1S/C11H9BrClNO3/c1-11(10(15)16)5-9(14-17-11)7-4-6(12)2-3-8(7)13/h2-4H,5H2,1H3,(H,15,16). The van der Waals surface area contributed by atoms with Crippen molar-refractivity contribution < 1.29 is 14.7 Å². The SMILES string of the molecule is CC1(C(=O)O)CC(c2cc(Br)ccc2Cl)=NO1. The van der Waals surface area contributed by atoms with Crippen LogP contribution in [0.25, 0.3) is 0 Å². The van der Waals surface area contributed by atoms with Gasteiger partial charge in [-0.2, -0.15) is 0 Å². The van der Waals surface area contributed by atoms with Gasteiger partial charge in [-0.05, 0) is 25.1 Å². The lowest BCUT2D eigenvalue weighted by molar-refractivity contribution is -0.160. The Hall–Kier alpha value is -1.07. The van der Waals surface area contributed by atoms with Gasteiger partial charge < -0.3 is 9.94 Å². The van der Waals surface area contributed by atoms with E-state index in [1.807, 2.05) is 0 Å². The van der Waals surface area contributed by atoms with Gasteiger partial charge in [-0.3, -0.25) is 0 Å². The van der Waals surface area contributed by atoms with Crippen LogP contribution in [0, 0.1) is 0 Å². The first-order valence-corrected chi connectivity index (χ1v) is 6.03. The lowest BCUT2D eigenvalue weighted by atomic mass is 9.96. The van der Waals surface area contributed by atoms with Gasteiger partial charge in [0.25, 0.3) is 0 Å². The summed E-state index contributed by atoms with van der Waals surface area (Å²) in [7, 11) is 0. The van der Waals surface area contributed by atoms with Crippen LogP contribution in [0.2, 0.25) is 5.02 Å². The van der Waals surface area contributed by atoms with Crippen molar-refractivity contribution in [2.45, 2.75) is 18.9 Å². The van der Waals surface area contributed by atoms with Gasteiger partial charge in [-0.15, -0.1) is 0 Å². The van der Waals surface area contributed by atoms with E-state index in [4.69, 9.17) is 21.5 Å². The molecule has 1 heterocycles. The molecule has 1 aliphatic rings. The van der Waals surface area contributed by atoms with Crippen LogP contribution in [-0.4, -0.2) is 22.4 Å². The molecule has 2 rings (SSSR count). The summed E-state index contributed by atoms with van der Waals surface area (Å²) in [5, 5.41) is 13.4. The summed E-state index contributed by atoms with van der Waals surface area (Å²) < 4.78 is 0.850. The molecule has 0 bridgehead atoms. The molecule has 1 aromatic rings. The summed E-state index contributed by atoms with van der Waals surface area (Å²) in [6.45, 7) is 1.48. The highest BCUT2D eigenvalue weighted by atomic mass is 79.9. The Balaban J connectivity index is 2.32. The average molecular weight is 319 g/mol. The second-order valence-electron chi connectivity index (χ2n) is 3.97. The molecule has 0 fully saturated rings. The number of aliphatic carboxylic acids is 1. The van der Waals surface area contributed by atoms with Crippen molar-refractivity contribution in [1.82, 2.24) is 0 Å². The van der Waals surface area contributed by atoms with Crippen molar-refractivity contribution in [3.8, 4) is 0 Å². The molecule has 4 nitrogen and oxygen atoms in total. The van der Waals surface area contributed by atoms with Crippen molar-refractivity contribution >= 4 is 39.2 Å². The van der Waals surface area contributed by atoms with E-state index in [1.54, 1.807) is 18.2 Å².